The number of carbonyl (C=O) groups is 1. The summed E-state index contributed by atoms with van der Waals surface area (Å²) in [5.41, 5.74) is 3.24. The van der Waals surface area contributed by atoms with Crippen molar-refractivity contribution in [1.29, 1.82) is 0 Å². The number of amides is 1. The third-order valence-electron chi connectivity index (χ3n) is 3.34. The molecule has 2 aromatic rings. The van der Waals surface area contributed by atoms with E-state index in [0.717, 1.165) is 30.8 Å². The van der Waals surface area contributed by atoms with E-state index in [0.29, 0.717) is 5.75 Å². The van der Waals surface area contributed by atoms with Crippen molar-refractivity contribution < 1.29 is 9.53 Å². The van der Waals surface area contributed by atoms with Crippen LogP contribution in [0.4, 0.5) is 10.5 Å². The molecule has 0 aromatic heterocycles. The number of nitrogens with one attached hydrogen (secondary N) is 2. The number of benzene rings is 2. The van der Waals surface area contributed by atoms with Crippen molar-refractivity contribution in [3.8, 4) is 5.75 Å². The number of para-hydroxylation sites is 1. The normalized spacial score (nSPS) is 13.4. The molecule has 1 aliphatic rings. The molecule has 0 unspecified atom stereocenters. The lowest BCUT2D eigenvalue weighted by Crippen LogP contribution is -2.26. The first-order valence-electron chi connectivity index (χ1n) is 6.68. The molecule has 0 saturated heterocycles. The number of carbonyl (C=O) groups excluding carboxylic acids is 1. The molecule has 102 valence electrons. The lowest BCUT2D eigenvalue weighted by atomic mass is 9.99. The monoisotopic (exact) mass is 268 g/mol. The Hall–Kier alpha value is -2.33. The Morgan fingerprint density at radius 1 is 1.10 bits per heavy atom. The molecule has 4 heteroatoms. The van der Waals surface area contributed by atoms with Gasteiger partial charge in [0.2, 0.25) is 0 Å². The second-order valence-corrected chi connectivity index (χ2v) is 4.70. The maximum absolute atomic E-state index is 11.9. The zero-order chi connectivity index (χ0) is 13.8. The molecular weight excluding hydrogens is 252 g/mol. The Morgan fingerprint density at radius 3 is 2.80 bits per heavy atom. The number of hydrogen-bond donors (Lipinski definition) is 2. The van der Waals surface area contributed by atoms with Crippen LogP contribution >= 0.6 is 0 Å². The molecule has 1 heterocycles. The Bertz CT molecular complexity index is 611. The summed E-state index contributed by atoms with van der Waals surface area (Å²) in [6.45, 7) is 1.75. The lowest BCUT2D eigenvalue weighted by Gasteiger charge is -2.20. The predicted octanol–water partition coefficient (Wildman–Crippen LogP) is 2.94. The van der Waals surface area contributed by atoms with Gasteiger partial charge in [0.25, 0.3) is 0 Å². The van der Waals surface area contributed by atoms with Crippen LogP contribution in [0.25, 0.3) is 0 Å². The van der Waals surface area contributed by atoms with E-state index >= 15 is 0 Å². The number of rotatable bonds is 2. The fourth-order valence-corrected chi connectivity index (χ4v) is 2.36. The van der Waals surface area contributed by atoms with Gasteiger partial charge in [0.1, 0.15) is 5.75 Å². The van der Waals surface area contributed by atoms with E-state index in [4.69, 9.17) is 4.74 Å². The molecule has 2 N–H and O–H groups in total. The van der Waals surface area contributed by atoms with E-state index in [1.807, 2.05) is 30.3 Å². The summed E-state index contributed by atoms with van der Waals surface area (Å²) in [6.07, 6.45) is 0.522. The Morgan fingerprint density at radius 2 is 1.95 bits per heavy atom. The van der Waals surface area contributed by atoms with Crippen molar-refractivity contribution in [3.05, 3.63) is 59.7 Å². The minimum atomic E-state index is -0.463. The highest BCUT2D eigenvalue weighted by atomic mass is 16.6. The minimum Gasteiger partial charge on any atom is -0.410 e. The molecular formula is C16H16N2O2. The van der Waals surface area contributed by atoms with Gasteiger partial charge in [-0.3, -0.25) is 5.32 Å². The van der Waals surface area contributed by atoms with Crippen LogP contribution in [-0.2, 0) is 13.0 Å². The number of ether oxygens (including phenoxy) is 1. The third kappa shape index (κ3) is 2.81. The maximum Gasteiger partial charge on any atom is 0.417 e. The lowest BCUT2D eigenvalue weighted by molar-refractivity contribution is 0.215. The van der Waals surface area contributed by atoms with Gasteiger partial charge in [0, 0.05) is 12.2 Å². The molecule has 0 aliphatic carbocycles. The second-order valence-electron chi connectivity index (χ2n) is 4.70. The fraction of sp³-hybridized carbons (Fsp3) is 0.188. The molecule has 0 atom stereocenters. The Labute approximate surface area is 117 Å². The SMILES string of the molecule is O=C(Nc1cccc2c1CNCC2)Oc1ccccc1. The zero-order valence-corrected chi connectivity index (χ0v) is 11.1. The summed E-state index contributed by atoms with van der Waals surface area (Å²) in [5, 5.41) is 6.13. The molecule has 1 aliphatic heterocycles. The van der Waals surface area contributed by atoms with Gasteiger partial charge in [-0.15, -0.1) is 0 Å². The summed E-state index contributed by atoms with van der Waals surface area (Å²) < 4.78 is 5.24. The molecule has 0 saturated carbocycles. The number of anilines is 1. The second kappa shape index (κ2) is 5.75. The first-order chi connectivity index (χ1) is 9.83. The van der Waals surface area contributed by atoms with Gasteiger partial charge in [-0.2, -0.15) is 0 Å². The van der Waals surface area contributed by atoms with Crippen LogP contribution in [0.1, 0.15) is 11.1 Å². The van der Waals surface area contributed by atoms with Crippen molar-refractivity contribution in [2.75, 3.05) is 11.9 Å². The first kappa shape index (κ1) is 12.7. The van der Waals surface area contributed by atoms with Crippen molar-refractivity contribution >= 4 is 11.8 Å². The zero-order valence-electron chi connectivity index (χ0n) is 11.1. The van der Waals surface area contributed by atoms with Crippen molar-refractivity contribution in [2.45, 2.75) is 13.0 Å². The smallest absolute Gasteiger partial charge is 0.410 e. The number of hydrogen-bond acceptors (Lipinski definition) is 3. The van der Waals surface area contributed by atoms with Crippen LogP contribution in [0.5, 0.6) is 5.75 Å². The average molecular weight is 268 g/mol. The third-order valence-corrected chi connectivity index (χ3v) is 3.34. The molecule has 4 nitrogen and oxygen atoms in total. The molecule has 1 amide bonds. The topological polar surface area (TPSA) is 50.4 Å². The van der Waals surface area contributed by atoms with Crippen LogP contribution in [0, 0.1) is 0 Å². The van der Waals surface area contributed by atoms with E-state index in [-0.39, 0.29) is 0 Å². The van der Waals surface area contributed by atoms with Gasteiger partial charge < -0.3 is 10.1 Å². The fourth-order valence-electron chi connectivity index (χ4n) is 2.36. The quantitative estimate of drug-likeness (QED) is 0.880. The summed E-state index contributed by atoms with van der Waals surface area (Å²) >= 11 is 0. The highest BCUT2D eigenvalue weighted by molar-refractivity contribution is 5.87. The minimum absolute atomic E-state index is 0.463. The first-order valence-corrected chi connectivity index (χ1v) is 6.68. The van der Waals surface area contributed by atoms with Gasteiger partial charge in [-0.25, -0.2) is 4.79 Å². The van der Waals surface area contributed by atoms with Crippen LogP contribution in [0.15, 0.2) is 48.5 Å². The summed E-state index contributed by atoms with van der Waals surface area (Å²) in [6, 6.07) is 15.0. The van der Waals surface area contributed by atoms with Crippen LogP contribution in [0.3, 0.4) is 0 Å². The molecule has 0 fully saturated rings. The van der Waals surface area contributed by atoms with Crippen LogP contribution in [-0.4, -0.2) is 12.6 Å². The van der Waals surface area contributed by atoms with Gasteiger partial charge in [0.05, 0.1) is 0 Å². The van der Waals surface area contributed by atoms with Crippen molar-refractivity contribution in [1.82, 2.24) is 5.32 Å². The predicted molar refractivity (Wildman–Crippen MR) is 77.9 cm³/mol. The van der Waals surface area contributed by atoms with E-state index < -0.39 is 6.09 Å². The van der Waals surface area contributed by atoms with Gasteiger partial charge in [-0.1, -0.05) is 30.3 Å². The highest BCUT2D eigenvalue weighted by Crippen LogP contribution is 2.23. The van der Waals surface area contributed by atoms with E-state index in [1.165, 1.54) is 5.56 Å². The largest absolute Gasteiger partial charge is 0.417 e. The van der Waals surface area contributed by atoms with Crippen molar-refractivity contribution in [3.63, 3.8) is 0 Å². The summed E-state index contributed by atoms with van der Waals surface area (Å²) in [4.78, 5) is 11.9. The standard InChI is InChI=1S/C16H16N2O2/c19-16(20-13-6-2-1-3-7-13)18-15-8-4-5-12-9-10-17-11-14(12)15/h1-8,17H,9-11H2,(H,18,19). The van der Waals surface area contributed by atoms with Gasteiger partial charge >= 0.3 is 6.09 Å². The molecule has 20 heavy (non-hydrogen) atoms. The molecule has 0 bridgehead atoms. The highest BCUT2D eigenvalue weighted by Gasteiger charge is 2.14. The number of fused-ring (bicyclic) bond motifs is 1. The van der Waals surface area contributed by atoms with Crippen molar-refractivity contribution in [2.24, 2.45) is 0 Å². The maximum atomic E-state index is 11.9. The molecule has 3 rings (SSSR count). The molecule has 2 aromatic carbocycles. The van der Waals surface area contributed by atoms with Crippen LogP contribution in [0.2, 0.25) is 0 Å². The summed E-state index contributed by atoms with van der Waals surface area (Å²) in [7, 11) is 0. The molecule has 0 radical (unpaired) electrons. The Kier molecular flexibility index (Phi) is 3.65. The van der Waals surface area contributed by atoms with Gasteiger partial charge in [0.15, 0.2) is 0 Å². The Balaban J connectivity index is 1.73. The molecule has 0 spiro atoms. The average Bonchev–Trinajstić information content (AvgIpc) is 2.48. The van der Waals surface area contributed by atoms with E-state index in [2.05, 4.69) is 16.7 Å². The summed E-state index contributed by atoms with van der Waals surface area (Å²) in [5.74, 6) is 0.535. The van der Waals surface area contributed by atoms with E-state index in [9.17, 15) is 4.79 Å². The van der Waals surface area contributed by atoms with Crippen LogP contribution < -0.4 is 15.4 Å². The van der Waals surface area contributed by atoms with E-state index in [1.54, 1.807) is 12.1 Å². The van der Waals surface area contributed by atoms with Gasteiger partial charge in [-0.05, 0) is 42.3 Å².